The first-order chi connectivity index (χ1) is 8.99. The third-order valence-corrected chi connectivity index (χ3v) is 4.59. The Morgan fingerprint density at radius 2 is 2.05 bits per heavy atom. The van der Waals surface area contributed by atoms with Crippen molar-refractivity contribution >= 4 is 11.8 Å². The summed E-state index contributed by atoms with van der Waals surface area (Å²) in [5.74, 6) is 0.689. The Kier molecular flexibility index (Phi) is 4.45. The molecule has 1 saturated carbocycles. The zero-order chi connectivity index (χ0) is 14.0. The SMILES string of the molecule is CC1CCC(C(=O)N2CCCN(C)C(=O)C2)CC1N. The van der Waals surface area contributed by atoms with Crippen LogP contribution < -0.4 is 5.73 Å². The molecule has 2 N–H and O–H groups in total. The van der Waals surface area contributed by atoms with Crippen LogP contribution in [0.25, 0.3) is 0 Å². The summed E-state index contributed by atoms with van der Waals surface area (Å²) in [7, 11) is 1.80. The third kappa shape index (κ3) is 3.26. The smallest absolute Gasteiger partial charge is 0.241 e. The van der Waals surface area contributed by atoms with Gasteiger partial charge in [0.1, 0.15) is 0 Å². The highest BCUT2D eigenvalue weighted by Gasteiger charge is 2.33. The molecule has 1 saturated heterocycles. The van der Waals surface area contributed by atoms with E-state index in [0.29, 0.717) is 12.5 Å². The molecule has 0 aromatic heterocycles. The highest BCUT2D eigenvalue weighted by molar-refractivity contribution is 5.86. The molecule has 3 unspecified atom stereocenters. The van der Waals surface area contributed by atoms with E-state index in [9.17, 15) is 9.59 Å². The van der Waals surface area contributed by atoms with Crippen LogP contribution >= 0.6 is 0 Å². The quantitative estimate of drug-likeness (QED) is 0.749. The van der Waals surface area contributed by atoms with Gasteiger partial charge in [0.2, 0.25) is 11.8 Å². The van der Waals surface area contributed by atoms with Gasteiger partial charge in [-0.05, 0) is 31.6 Å². The topological polar surface area (TPSA) is 66.6 Å². The highest BCUT2D eigenvalue weighted by Crippen LogP contribution is 2.29. The van der Waals surface area contributed by atoms with Crippen molar-refractivity contribution < 1.29 is 9.59 Å². The van der Waals surface area contributed by atoms with E-state index in [4.69, 9.17) is 5.73 Å². The van der Waals surface area contributed by atoms with Crippen LogP contribution in [0.2, 0.25) is 0 Å². The number of likely N-dealkylation sites (N-methyl/N-ethyl adjacent to an activating group) is 1. The van der Waals surface area contributed by atoms with E-state index in [2.05, 4.69) is 6.92 Å². The van der Waals surface area contributed by atoms with Crippen LogP contribution in [0.15, 0.2) is 0 Å². The van der Waals surface area contributed by atoms with Crippen molar-refractivity contribution in [1.82, 2.24) is 9.80 Å². The number of carbonyl (C=O) groups excluding carboxylic acids is 2. The molecule has 108 valence electrons. The molecule has 1 aliphatic heterocycles. The van der Waals surface area contributed by atoms with Crippen LogP contribution in [-0.4, -0.2) is 54.3 Å². The van der Waals surface area contributed by atoms with Gasteiger partial charge in [0.25, 0.3) is 0 Å². The molecular formula is C14H25N3O2. The second-order valence-corrected chi connectivity index (χ2v) is 6.08. The largest absolute Gasteiger partial charge is 0.344 e. The zero-order valence-electron chi connectivity index (χ0n) is 12.0. The summed E-state index contributed by atoms with van der Waals surface area (Å²) in [6.07, 6.45) is 3.55. The Bertz CT molecular complexity index is 359. The third-order valence-electron chi connectivity index (χ3n) is 4.59. The number of nitrogens with two attached hydrogens (primary N) is 1. The van der Waals surface area contributed by atoms with Crippen molar-refractivity contribution in [2.24, 2.45) is 17.6 Å². The number of hydrogen-bond acceptors (Lipinski definition) is 3. The summed E-state index contributed by atoms with van der Waals surface area (Å²) in [6, 6.07) is 0.119. The molecule has 0 aromatic rings. The van der Waals surface area contributed by atoms with Crippen LogP contribution in [0, 0.1) is 11.8 Å². The van der Waals surface area contributed by atoms with Gasteiger partial charge in [-0.3, -0.25) is 9.59 Å². The lowest BCUT2D eigenvalue weighted by molar-refractivity contribution is -0.141. The summed E-state index contributed by atoms with van der Waals surface area (Å²) in [5.41, 5.74) is 6.07. The van der Waals surface area contributed by atoms with E-state index >= 15 is 0 Å². The van der Waals surface area contributed by atoms with Crippen molar-refractivity contribution in [1.29, 1.82) is 0 Å². The second-order valence-electron chi connectivity index (χ2n) is 6.08. The van der Waals surface area contributed by atoms with Crippen molar-refractivity contribution in [3.05, 3.63) is 0 Å². The average Bonchev–Trinajstić information content (AvgIpc) is 2.55. The molecule has 0 spiro atoms. The van der Waals surface area contributed by atoms with Gasteiger partial charge in [-0.15, -0.1) is 0 Å². The minimum atomic E-state index is 0.0161. The van der Waals surface area contributed by atoms with Gasteiger partial charge in [0.05, 0.1) is 6.54 Å². The Morgan fingerprint density at radius 1 is 1.32 bits per heavy atom. The molecule has 2 aliphatic rings. The fourth-order valence-electron chi connectivity index (χ4n) is 3.01. The molecule has 1 aliphatic carbocycles. The molecular weight excluding hydrogens is 242 g/mol. The van der Waals surface area contributed by atoms with Gasteiger partial charge in [-0.1, -0.05) is 6.92 Å². The molecule has 0 aromatic carbocycles. The predicted octanol–water partition coefficient (Wildman–Crippen LogP) is 0.441. The molecule has 2 rings (SSSR count). The average molecular weight is 267 g/mol. The number of nitrogens with zero attached hydrogens (tertiary/aromatic N) is 2. The molecule has 0 radical (unpaired) electrons. The lowest BCUT2D eigenvalue weighted by Crippen LogP contribution is -2.45. The van der Waals surface area contributed by atoms with Crippen LogP contribution in [0.3, 0.4) is 0 Å². The monoisotopic (exact) mass is 267 g/mol. The Balaban J connectivity index is 1.97. The zero-order valence-corrected chi connectivity index (χ0v) is 12.0. The molecule has 0 bridgehead atoms. The van der Waals surface area contributed by atoms with Crippen LogP contribution in [0.4, 0.5) is 0 Å². The van der Waals surface area contributed by atoms with Crippen molar-refractivity contribution in [3.8, 4) is 0 Å². The molecule has 5 nitrogen and oxygen atoms in total. The van der Waals surface area contributed by atoms with Gasteiger partial charge < -0.3 is 15.5 Å². The minimum Gasteiger partial charge on any atom is -0.344 e. The van der Waals surface area contributed by atoms with E-state index in [0.717, 1.165) is 32.2 Å². The number of rotatable bonds is 1. The van der Waals surface area contributed by atoms with E-state index in [1.165, 1.54) is 0 Å². The minimum absolute atomic E-state index is 0.0161. The Labute approximate surface area is 115 Å². The maximum atomic E-state index is 12.5. The van der Waals surface area contributed by atoms with Gasteiger partial charge in [-0.2, -0.15) is 0 Å². The number of hydrogen-bond donors (Lipinski definition) is 1. The van der Waals surface area contributed by atoms with Crippen molar-refractivity contribution in [2.75, 3.05) is 26.7 Å². The van der Waals surface area contributed by atoms with Crippen LogP contribution in [0.5, 0.6) is 0 Å². The summed E-state index contributed by atoms with van der Waals surface area (Å²) in [5, 5.41) is 0. The second kappa shape index (κ2) is 5.90. The molecule has 2 amide bonds. The number of amides is 2. The first-order valence-corrected chi connectivity index (χ1v) is 7.27. The first-order valence-electron chi connectivity index (χ1n) is 7.27. The van der Waals surface area contributed by atoms with Crippen molar-refractivity contribution in [2.45, 2.75) is 38.6 Å². The summed E-state index contributed by atoms with van der Waals surface area (Å²) < 4.78 is 0. The van der Waals surface area contributed by atoms with E-state index in [-0.39, 0.29) is 30.3 Å². The standard InChI is InChI=1S/C14H25N3O2/c1-10-4-5-11(8-12(10)15)14(19)17-7-3-6-16(2)13(18)9-17/h10-12H,3-9,15H2,1-2H3. The van der Waals surface area contributed by atoms with Crippen LogP contribution in [-0.2, 0) is 9.59 Å². The van der Waals surface area contributed by atoms with Gasteiger partial charge in [0.15, 0.2) is 0 Å². The van der Waals surface area contributed by atoms with E-state index in [1.54, 1.807) is 16.8 Å². The van der Waals surface area contributed by atoms with Gasteiger partial charge in [-0.25, -0.2) is 0 Å². The Hall–Kier alpha value is -1.10. The molecule has 2 fully saturated rings. The highest BCUT2D eigenvalue weighted by atomic mass is 16.2. The molecule has 5 heteroatoms. The fraction of sp³-hybridized carbons (Fsp3) is 0.857. The predicted molar refractivity (Wildman–Crippen MR) is 73.3 cm³/mol. The van der Waals surface area contributed by atoms with E-state index in [1.807, 2.05) is 0 Å². The van der Waals surface area contributed by atoms with Crippen molar-refractivity contribution in [3.63, 3.8) is 0 Å². The van der Waals surface area contributed by atoms with Gasteiger partial charge in [0, 0.05) is 32.1 Å². The lowest BCUT2D eigenvalue weighted by atomic mass is 9.79. The summed E-state index contributed by atoms with van der Waals surface area (Å²) >= 11 is 0. The summed E-state index contributed by atoms with van der Waals surface area (Å²) in [4.78, 5) is 27.8. The summed E-state index contributed by atoms with van der Waals surface area (Å²) in [6.45, 7) is 3.81. The maximum absolute atomic E-state index is 12.5. The van der Waals surface area contributed by atoms with Crippen LogP contribution in [0.1, 0.15) is 32.6 Å². The molecule has 1 heterocycles. The Morgan fingerprint density at radius 3 is 2.74 bits per heavy atom. The molecule has 3 atom stereocenters. The fourth-order valence-corrected chi connectivity index (χ4v) is 3.01. The maximum Gasteiger partial charge on any atom is 0.241 e. The lowest BCUT2D eigenvalue weighted by Gasteiger charge is -2.33. The normalized spacial score (nSPS) is 33.2. The first kappa shape index (κ1) is 14.3. The van der Waals surface area contributed by atoms with Gasteiger partial charge >= 0.3 is 0 Å². The molecule has 19 heavy (non-hydrogen) atoms. The number of carbonyl (C=O) groups is 2. The van der Waals surface area contributed by atoms with E-state index < -0.39 is 0 Å².